The Hall–Kier alpha value is -2.26. The Balaban J connectivity index is 1.90. The molecule has 3 aromatic rings. The molecule has 0 unspecified atom stereocenters. The van der Waals surface area contributed by atoms with Gasteiger partial charge in [0, 0.05) is 19.4 Å². The quantitative estimate of drug-likeness (QED) is 0.517. The van der Waals surface area contributed by atoms with Crippen molar-refractivity contribution in [2.45, 2.75) is 10.4 Å². The summed E-state index contributed by atoms with van der Waals surface area (Å²) in [6.45, 7) is 0. The van der Waals surface area contributed by atoms with Crippen molar-refractivity contribution in [3.05, 3.63) is 41.0 Å². The molecule has 1 atom stereocenters. The summed E-state index contributed by atoms with van der Waals surface area (Å²) in [7, 11) is 3.21. The molecule has 0 bridgehead atoms. The molecule has 0 amide bonds. The van der Waals surface area contributed by atoms with Crippen LogP contribution in [0.1, 0.15) is 10.8 Å². The molecule has 9 heteroatoms. The van der Waals surface area contributed by atoms with Gasteiger partial charge in [0.1, 0.15) is 10.9 Å². The van der Waals surface area contributed by atoms with Gasteiger partial charge in [0.2, 0.25) is 0 Å². The van der Waals surface area contributed by atoms with Crippen molar-refractivity contribution in [3.63, 3.8) is 0 Å². The van der Waals surface area contributed by atoms with E-state index in [9.17, 15) is 4.79 Å². The van der Waals surface area contributed by atoms with Crippen LogP contribution in [0.25, 0.3) is 11.5 Å². The standard InChI is InChI=1S/C14H13N5O2S2/c1-19-12(10-7-15-4-5-16-10)17-18-14(19)23-11(13(20)21-2)9-3-6-22-8-9/h3-8,11H,1-2H3/t11-/m1/s1. The maximum Gasteiger partial charge on any atom is 0.323 e. The van der Waals surface area contributed by atoms with E-state index < -0.39 is 5.25 Å². The summed E-state index contributed by atoms with van der Waals surface area (Å²) in [6.07, 6.45) is 4.81. The minimum atomic E-state index is -0.483. The van der Waals surface area contributed by atoms with E-state index in [-0.39, 0.29) is 5.97 Å². The Labute approximate surface area is 140 Å². The zero-order valence-corrected chi connectivity index (χ0v) is 14.0. The van der Waals surface area contributed by atoms with Gasteiger partial charge in [0.05, 0.1) is 13.3 Å². The fourth-order valence-corrected chi connectivity index (χ4v) is 3.73. The van der Waals surface area contributed by atoms with Crippen LogP contribution in [0, 0.1) is 0 Å². The first-order chi connectivity index (χ1) is 11.2. The Morgan fingerprint density at radius 3 is 2.91 bits per heavy atom. The van der Waals surface area contributed by atoms with Gasteiger partial charge in [-0.15, -0.1) is 10.2 Å². The first-order valence-electron chi connectivity index (χ1n) is 6.63. The smallest absolute Gasteiger partial charge is 0.323 e. The third-order valence-corrected chi connectivity index (χ3v) is 5.08. The third kappa shape index (κ3) is 3.25. The van der Waals surface area contributed by atoms with E-state index in [2.05, 4.69) is 20.2 Å². The molecule has 0 radical (unpaired) electrons. The van der Waals surface area contributed by atoms with Gasteiger partial charge in [-0.1, -0.05) is 11.8 Å². The van der Waals surface area contributed by atoms with Gasteiger partial charge in [0.15, 0.2) is 11.0 Å². The minimum absolute atomic E-state index is 0.322. The SMILES string of the molecule is COC(=O)[C@H](Sc1nnc(-c2cnccn2)n1C)c1ccsc1. The van der Waals surface area contributed by atoms with Gasteiger partial charge < -0.3 is 9.30 Å². The average Bonchev–Trinajstić information content (AvgIpc) is 3.23. The van der Waals surface area contributed by atoms with Crippen LogP contribution in [0.3, 0.4) is 0 Å². The lowest BCUT2D eigenvalue weighted by atomic mass is 10.2. The molecule has 0 N–H and O–H groups in total. The lowest BCUT2D eigenvalue weighted by Crippen LogP contribution is -2.11. The molecule has 0 aliphatic carbocycles. The van der Waals surface area contributed by atoms with Crippen LogP contribution in [-0.2, 0) is 16.6 Å². The fraction of sp³-hybridized carbons (Fsp3) is 0.214. The van der Waals surface area contributed by atoms with E-state index in [1.807, 2.05) is 23.9 Å². The van der Waals surface area contributed by atoms with Crippen molar-refractivity contribution in [3.8, 4) is 11.5 Å². The predicted octanol–water partition coefficient (Wildman–Crippen LogP) is 2.34. The second-order valence-electron chi connectivity index (χ2n) is 4.53. The number of rotatable bonds is 5. The number of aromatic nitrogens is 5. The second-order valence-corrected chi connectivity index (χ2v) is 6.39. The highest BCUT2D eigenvalue weighted by molar-refractivity contribution is 8.00. The highest BCUT2D eigenvalue weighted by Crippen LogP contribution is 2.36. The summed E-state index contributed by atoms with van der Waals surface area (Å²) in [4.78, 5) is 20.3. The molecule has 3 rings (SSSR count). The number of methoxy groups -OCH3 is 1. The molecule has 0 saturated heterocycles. The summed E-state index contributed by atoms with van der Waals surface area (Å²) in [6, 6.07) is 1.90. The van der Waals surface area contributed by atoms with Crippen LogP contribution in [0.15, 0.2) is 40.6 Å². The zero-order valence-electron chi connectivity index (χ0n) is 12.4. The van der Waals surface area contributed by atoms with Gasteiger partial charge in [-0.05, 0) is 22.4 Å². The lowest BCUT2D eigenvalue weighted by molar-refractivity contribution is -0.140. The van der Waals surface area contributed by atoms with Crippen molar-refractivity contribution < 1.29 is 9.53 Å². The molecule has 7 nitrogen and oxygen atoms in total. The number of carbonyl (C=O) groups excluding carboxylic acids is 1. The van der Waals surface area contributed by atoms with Crippen LogP contribution in [-0.4, -0.2) is 37.8 Å². The Kier molecular flexibility index (Phi) is 4.68. The number of carbonyl (C=O) groups is 1. The van der Waals surface area contributed by atoms with E-state index >= 15 is 0 Å². The number of thioether (sulfide) groups is 1. The van der Waals surface area contributed by atoms with Crippen molar-refractivity contribution in [1.29, 1.82) is 0 Å². The molecule has 0 fully saturated rings. The second kappa shape index (κ2) is 6.88. The molecular formula is C14H13N5O2S2. The average molecular weight is 347 g/mol. The lowest BCUT2D eigenvalue weighted by Gasteiger charge is -2.12. The van der Waals surface area contributed by atoms with Gasteiger partial charge in [-0.3, -0.25) is 9.78 Å². The molecule has 3 heterocycles. The van der Waals surface area contributed by atoms with Crippen LogP contribution in [0.4, 0.5) is 0 Å². The third-order valence-electron chi connectivity index (χ3n) is 3.11. The number of thiophene rings is 1. The van der Waals surface area contributed by atoms with Crippen molar-refractivity contribution in [2.75, 3.05) is 7.11 Å². The number of hydrogen-bond acceptors (Lipinski definition) is 8. The van der Waals surface area contributed by atoms with Gasteiger partial charge >= 0.3 is 5.97 Å². The Morgan fingerprint density at radius 2 is 2.26 bits per heavy atom. The maximum absolute atomic E-state index is 12.1. The number of nitrogens with zero attached hydrogens (tertiary/aromatic N) is 5. The molecule has 118 valence electrons. The van der Waals surface area contributed by atoms with Crippen LogP contribution in [0.5, 0.6) is 0 Å². The molecular weight excluding hydrogens is 334 g/mol. The fourth-order valence-electron chi connectivity index (χ4n) is 1.94. The van der Waals surface area contributed by atoms with Gasteiger partial charge in [-0.25, -0.2) is 4.98 Å². The largest absolute Gasteiger partial charge is 0.468 e. The summed E-state index contributed by atoms with van der Waals surface area (Å²) in [5, 5.41) is 12.3. The van der Waals surface area contributed by atoms with E-state index in [0.717, 1.165) is 5.56 Å². The summed E-state index contributed by atoms with van der Waals surface area (Å²) >= 11 is 2.82. The monoisotopic (exact) mass is 347 g/mol. The van der Waals surface area contributed by atoms with Crippen LogP contribution < -0.4 is 0 Å². The first kappa shape index (κ1) is 15.6. The predicted molar refractivity (Wildman–Crippen MR) is 87.0 cm³/mol. The van der Waals surface area contributed by atoms with Crippen molar-refractivity contribution in [1.82, 2.24) is 24.7 Å². The highest BCUT2D eigenvalue weighted by Gasteiger charge is 2.26. The summed E-state index contributed by atoms with van der Waals surface area (Å²) < 4.78 is 6.69. The molecule has 23 heavy (non-hydrogen) atoms. The molecule has 0 spiro atoms. The number of hydrogen-bond donors (Lipinski definition) is 0. The molecule has 0 saturated carbocycles. The Bertz CT molecular complexity index is 789. The van der Waals surface area contributed by atoms with E-state index in [4.69, 9.17) is 4.74 Å². The van der Waals surface area contributed by atoms with Crippen molar-refractivity contribution in [2.24, 2.45) is 7.05 Å². The molecule has 0 aromatic carbocycles. The van der Waals surface area contributed by atoms with Crippen LogP contribution in [0.2, 0.25) is 0 Å². The van der Waals surface area contributed by atoms with E-state index in [1.54, 1.807) is 23.2 Å². The molecule has 3 aromatic heterocycles. The highest BCUT2D eigenvalue weighted by atomic mass is 32.2. The van der Waals surface area contributed by atoms with E-state index in [0.29, 0.717) is 16.7 Å². The normalized spacial score (nSPS) is 12.1. The zero-order chi connectivity index (χ0) is 16.2. The minimum Gasteiger partial charge on any atom is -0.468 e. The number of esters is 1. The van der Waals surface area contributed by atoms with Crippen molar-refractivity contribution >= 4 is 29.1 Å². The van der Waals surface area contributed by atoms with Gasteiger partial charge in [0.25, 0.3) is 0 Å². The van der Waals surface area contributed by atoms with Crippen LogP contribution >= 0.6 is 23.1 Å². The maximum atomic E-state index is 12.1. The number of ether oxygens (including phenoxy) is 1. The molecule has 0 aliphatic heterocycles. The molecule has 0 aliphatic rings. The summed E-state index contributed by atoms with van der Waals surface area (Å²) in [5.41, 5.74) is 1.51. The summed E-state index contributed by atoms with van der Waals surface area (Å²) in [5.74, 6) is 0.270. The van der Waals surface area contributed by atoms with Gasteiger partial charge in [-0.2, -0.15) is 11.3 Å². The Morgan fingerprint density at radius 1 is 1.39 bits per heavy atom. The topological polar surface area (TPSA) is 82.8 Å². The first-order valence-corrected chi connectivity index (χ1v) is 8.45. The van der Waals surface area contributed by atoms with E-state index in [1.165, 1.54) is 30.2 Å².